The monoisotopic (exact) mass is 717 g/mol. The van der Waals surface area contributed by atoms with Crippen molar-refractivity contribution in [3.05, 3.63) is 188 Å². The Morgan fingerprint density at radius 2 is 0.839 bits per heavy atom. The molecule has 7 aromatic carbocycles. The van der Waals surface area contributed by atoms with E-state index in [0.717, 1.165) is 105 Å². The van der Waals surface area contributed by atoms with Gasteiger partial charge in [-0.3, -0.25) is 4.98 Å². The van der Waals surface area contributed by atoms with E-state index >= 15 is 0 Å². The molecule has 0 aliphatic heterocycles. The van der Waals surface area contributed by atoms with Gasteiger partial charge in [0.05, 0.1) is 11.4 Å². The van der Waals surface area contributed by atoms with E-state index in [4.69, 9.17) is 18.8 Å². The zero-order chi connectivity index (χ0) is 37.0. The molecule has 5 nitrogen and oxygen atoms in total. The second kappa shape index (κ2) is 13.0. The lowest BCUT2D eigenvalue weighted by Gasteiger charge is -2.14. The van der Waals surface area contributed by atoms with Gasteiger partial charge < -0.3 is 8.83 Å². The van der Waals surface area contributed by atoms with Crippen molar-refractivity contribution in [2.24, 2.45) is 0 Å². The molecule has 0 saturated heterocycles. The van der Waals surface area contributed by atoms with Crippen molar-refractivity contribution >= 4 is 43.9 Å². The number of pyridine rings is 1. The molecule has 0 radical (unpaired) electrons. The lowest BCUT2D eigenvalue weighted by Crippen LogP contribution is -1.97. The molecule has 262 valence electrons. The van der Waals surface area contributed by atoms with Crippen LogP contribution in [0.25, 0.3) is 111 Å². The van der Waals surface area contributed by atoms with Crippen LogP contribution in [0.1, 0.15) is 0 Å². The number of hydrogen-bond donors (Lipinski definition) is 0. The number of rotatable bonds is 6. The molecular weight excluding hydrogens is 687 g/mol. The highest BCUT2D eigenvalue weighted by atomic mass is 16.3. The molecule has 0 saturated carbocycles. The van der Waals surface area contributed by atoms with E-state index in [2.05, 4.69) is 138 Å². The molecule has 0 unspecified atom stereocenters. The molecule has 0 amide bonds. The van der Waals surface area contributed by atoms with E-state index in [1.807, 2.05) is 48.7 Å². The summed E-state index contributed by atoms with van der Waals surface area (Å²) >= 11 is 0. The third kappa shape index (κ3) is 5.45. The Morgan fingerprint density at radius 1 is 0.339 bits per heavy atom. The molecule has 0 fully saturated rings. The summed E-state index contributed by atoms with van der Waals surface area (Å²) in [6.07, 6.45) is 3.58. The van der Waals surface area contributed by atoms with Crippen LogP contribution in [-0.2, 0) is 0 Å². The SMILES string of the molecule is c1ccc(-c2cccc(-c3cc(-c4cc(-c5cccc6c5oc5ccccc56)cc(-c5cccc6c5oc5ccccc56)c4)nc(-c4cccnc4)n3)c2)cc1. The third-order valence-electron chi connectivity index (χ3n) is 10.6. The fourth-order valence-corrected chi connectivity index (χ4v) is 7.89. The Labute approximate surface area is 322 Å². The molecule has 0 spiro atoms. The highest BCUT2D eigenvalue weighted by Gasteiger charge is 2.19. The van der Waals surface area contributed by atoms with Gasteiger partial charge in [0.2, 0.25) is 0 Å². The van der Waals surface area contributed by atoms with Gasteiger partial charge >= 0.3 is 0 Å². The van der Waals surface area contributed by atoms with Gasteiger partial charge in [0.25, 0.3) is 0 Å². The summed E-state index contributed by atoms with van der Waals surface area (Å²) in [6.45, 7) is 0. The predicted octanol–water partition coefficient (Wildman–Crippen LogP) is 13.7. The van der Waals surface area contributed by atoms with Crippen molar-refractivity contribution in [1.82, 2.24) is 15.0 Å². The minimum atomic E-state index is 0.599. The van der Waals surface area contributed by atoms with Gasteiger partial charge in [-0.1, -0.05) is 121 Å². The Morgan fingerprint density at radius 3 is 1.48 bits per heavy atom. The summed E-state index contributed by atoms with van der Waals surface area (Å²) in [5.41, 5.74) is 14.0. The predicted molar refractivity (Wildman–Crippen MR) is 227 cm³/mol. The first-order valence-corrected chi connectivity index (χ1v) is 18.7. The molecule has 0 bridgehead atoms. The van der Waals surface area contributed by atoms with Gasteiger partial charge in [-0.15, -0.1) is 0 Å². The zero-order valence-corrected chi connectivity index (χ0v) is 30.1. The number of benzene rings is 7. The largest absolute Gasteiger partial charge is 0.455 e. The van der Waals surface area contributed by atoms with E-state index in [1.54, 1.807) is 6.20 Å². The van der Waals surface area contributed by atoms with Crippen LogP contribution in [0.15, 0.2) is 197 Å². The molecule has 0 atom stereocenters. The summed E-state index contributed by atoms with van der Waals surface area (Å²) in [5, 5.41) is 4.33. The average molecular weight is 718 g/mol. The molecule has 11 aromatic rings. The number of aromatic nitrogens is 3. The Hall–Kier alpha value is -7.63. The van der Waals surface area contributed by atoms with Gasteiger partial charge in [0, 0.05) is 61.8 Å². The van der Waals surface area contributed by atoms with Crippen LogP contribution in [0.5, 0.6) is 0 Å². The highest BCUT2D eigenvalue weighted by molar-refractivity contribution is 6.11. The van der Waals surface area contributed by atoms with Crippen molar-refractivity contribution in [3.63, 3.8) is 0 Å². The fraction of sp³-hybridized carbons (Fsp3) is 0. The minimum Gasteiger partial charge on any atom is -0.455 e. The summed E-state index contributed by atoms with van der Waals surface area (Å²) < 4.78 is 13.2. The van der Waals surface area contributed by atoms with Crippen LogP contribution in [-0.4, -0.2) is 15.0 Å². The maximum atomic E-state index is 6.59. The Kier molecular flexibility index (Phi) is 7.42. The quantitative estimate of drug-likeness (QED) is 0.171. The first-order valence-electron chi connectivity index (χ1n) is 18.7. The number of hydrogen-bond acceptors (Lipinski definition) is 5. The first-order chi connectivity index (χ1) is 27.7. The van der Waals surface area contributed by atoms with Crippen LogP contribution in [0, 0.1) is 0 Å². The van der Waals surface area contributed by atoms with Crippen molar-refractivity contribution in [3.8, 4) is 67.3 Å². The van der Waals surface area contributed by atoms with Crippen LogP contribution in [0.3, 0.4) is 0 Å². The fourth-order valence-electron chi connectivity index (χ4n) is 7.89. The van der Waals surface area contributed by atoms with Gasteiger partial charge in [-0.25, -0.2) is 9.97 Å². The minimum absolute atomic E-state index is 0.599. The molecular formula is C51H31N3O2. The molecule has 0 N–H and O–H groups in total. The van der Waals surface area contributed by atoms with E-state index in [1.165, 1.54) is 0 Å². The summed E-state index contributed by atoms with van der Waals surface area (Å²) in [4.78, 5) is 14.8. The van der Waals surface area contributed by atoms with E-state index in [9.17, 15) is 0 Å². The molecule has 0 aliphatic rings. The van der Waals surface area contributed by atoms with Gasteiger partial charge in [0.1, 0.15) is 22.3 Å². The molecule has 11 rings (SSSR count). The molecule has 56 heavy (non-hydrogen) atoms. The van der Waals surface area contributed by atoms with E-state index in [-0.39, 0.29) is 0 Å². The lowest BCUT2D eigenvalue weighted by atomic mass is 9.93. The zero-order valence-electron chi connectivity index (χ0n) is 30.1. The first kappa shape index (κ1) is 31.9. The molecule has 4 heterocycles. The number of fused-ring (bicyclic) bond motifs is 6. The highest BCUT2D eigenvalue weighted by Crippen LogP contribution is 2.42. The van der Waals surface area contributed by atoms with Gasteiger partial charge in [0.15, 0.2) is 5.82 Å². The Balaban J connectivity index is 1.17. The Bertz CT molecular complexity index is 3120. The smallest absolute Gasteiger partial charge is 0.161 e. The maximum absolute atomic E-state index is 6.59. The molecule has 0 aliphatic carbocycles. The average Bonchev–Trinajstić information content (AvgIpc) is 3.86. The summed E-state index contributed by atoms with van der Waals surface area (Å²) in [6, 6.07) is 60.8. The summed E-state index contributed by atoms with van der Waals surface area (Å²) in [7, 11) is 0. The third-order valence-corrected chi connectivity index (χ3v) is 10.6. The molecule has 4 aromatic heterocycles. The topological polar surface area (TPSA) is 65.0 Å². The second-order valence-corrected chi connectivity index (χ2v) is 14.0. The summed E-state index contributed by atoms with van der Waals surface area (Å²) in [5.74, 6) is 0.599. The normalized spacial score (nSPS) is 11.6. The van der Waals surface area contributed by atoms with Crippen LogP contribution in [0.2, 0.25) is 0 Å². The van der Waals surface area contributed by atoms with Crippen molar-refractivity contribution in [1.29, 1.82) is 0 Å². The second-order valence-electron chi connectivity index (χ2n) is 14.0. The molecule has 5 heteroatoms. The van der Waals surface area contributed by atoms with Gasteiger partial charge in [-0.2, -0.15) is 0 Å². The van der Waals surface area contributed by atoms with Crippen LogP contribution in [0.4, 0.5) is 0 Å². The van der Waals surface area contributed by atoms with Crippen molar-refractivity contribution in [2.45, 2.75) is 0 Å². The number of furan rings is 2. The van der Waals surface area contributed by atoms with Crippen molar-refractivity contribution in [2.75, 3.05) is 0 Å². The standard InChI is InChI=1S/C51H31N3O2/c1-2-12-32(13-3-1)33-14-8-15-34(26-33)45-30-46(54-51(53-45)35-16-11-25-52-31-35)38-28-36(39-19-9-21-43-41-17-4-6-23-47(41)55-49(39)43)27-37(29-38)40-20-10-22-44-42-18-5-7-24-48(42)56-50(40)44/h1-31H. The van der Waals surface area contributed by atoms with Crippen molar-refractivity contribution < 1.29 is 8.83 Å². The number of para-hydroxylation sites is 4. The maximum Gasteiger partial charge on any atom is 0.161 e. The van der Waals surface area contributed by atoms with E-state index in [0.29, 0.717) is 5.82 Å². The van der Waals surface area contributed by atoms with Crippen LogP contribution >= 0.6 is 0 Å². The van der Waals surface area contributed by atoms with Gasteiger partial charge in [-0.05, 0) is 76.9 Å². The van der Waals surface area contributed by atoms with Crippen LogP contribution < -0.4 is 0 Å². The number of nitrogens with zero attached hydrogens (tertiary/aromatic N) is 3. The van der Waals surface area contributed by atoms with E-state index < -0.39 is 0 Å². The lowest BCUT2D eigenvalue weighted by molar-refractivity contribution is 0.670.